The summed E-state index contributed by atoms with van der Waals surface area (Å²) in [6, 6.07) is 11.2. The van der Waals surface area contributed by atoms with Crippen molar-refractivity contribution in [1.82, 2.24) is 4.57 Å². The van der Waals surface area contributed by atoms with Crippen LogP contribution >= 0.6 is 0 Å². The molecule has 0 saturated carbocycles. The number of pyridine rings is 1. The maximum absolute atomic E-state index is 12.9. The predicted molar refractivity (Wildman–Crippen MR) is 93.1 cm³/mol. The van der Waals surface area contributed by atoms with Gasteiger partial charge in [0, 0.05) is 17.5 Å². The van der Waals surface area contributed by atoms with Crippen LogP contribution in [0.2, 0.25) is 0 Å². The van der Waals surface area contributed by atoms with Crippen LogP contribution in [0, 0.1) is 0 Å². The van der Waals surface area contributed by atoms with Gasteiger partial charge in [0.25, 0.3) is 5.56 Å². The van der Waals surface area contributed by atoms with E-state index in [1.807, 2.05) is 37.3 Å². The molecule has 118 valence electrons. The summed E-state index contributed by atoms with van der Waals surface area (Å²) < 4.78 is 6.93. The molecule has 0 fully saturated rings. The molecule has 4 heteroatoms. The largest absolute Gasteiger partial charge is 0.497 e. The van der Waals surface area contributed by atoms with Crippen LogP contribution in [0.4, 0.5) is 0 Å². The lowest BCUT2D eigenvalue weighted by atomic mass is 9.99. The van der Waals surface area contributed by atoms with E-state index in [4.69, 9.17) is 4.74 Å². The molecule has 1 atom stereocenters. The average Bonchev–Trinajstić information content (AvgIpc) is 2.60. The third kappa shape index (κ3) is 2.32. The Morgan fingerprint density at radius 3 is 2.70 bits per heavy atom. The van der Waals surface area contributed by atoms with E-state index in [0.29, 0.717) is 23.2 Å². The summed E-state index contributed by atoms with van der Waals surface area (Å²) >= 11 is 0. The molecule has 23 heavy (non-hydrogen) atoms. The predicted octanol–water partition coefficient (Wildman–Crippen LogP) is 3.40. The lowest BCUT2D eigenvalue weighted by Crippen LogP contribution is -2.21. The second-order valence-corrected chi connectivity index (χ2v) is 5.38. The van der Waals surface area contributed by atoms with Gasteiger partial charge in [-0.25, -0.2) is 0 Å². The van der Waals surface area contributed by atoms with Crippen molar-refractivity contribution < 1.29 is 9.84 Å². The molecule has 1 unspecified atom stereocenters. The van der Waals surface area contributed by atoms with Gasteiger partial charge in [-0.1, -0.05) is 24.3 Å². The smallest absolute Gasteiger partial charge is 0.259 e. The lowest BCUT2D eigenvalue weighted by Gasteiger charge is -2.17. The first kappa shape index (κ1) is 15.3. The number of hydrogen-bond donors (Lipinski definition) is 1. The zero-order valence-electron chi connectivity index (χ0n) is 13.2. The maximum atomic E-state index is 12.9. The Balaban J connectivity index is 2.56. The number of para-hydroxylation sites is 1. The van der Waals surface area contributed by atoms with Crippen molar-refractivity contribution in [2.24, 2.45) is 0 Å². The number of aryl methyl sites for hydroxylation is 1. The van der Waals surface area contributed by atoms with Gasteiger partial charge in [0.05, 0.1) is 24.1 Å². The first-order chi connectivity index (χ1) is 11.1. The van der Waals surface area contributed by atoms with Gasteiger partial charge in [0.1, 0.15) is 5.75 Å². The van der Waals surface area contributed by atoms with Crippen LogP contribution in [0.3, 0.4) is 0 Å². The minimum absolute atomic E-state index is 0.0855. The van der Waals surface area contributed by atoms with Gasteiger partial charge in [-0.2, -0.15) is 0 Å². The van der Waals surface area contributed by atoms with Crippen LogP contribution in [-0.4, -0.2) is 16.8 Å². The minimum atomic E-state index is -0.813. The first-order valence-electron chi connectivity index (χ1n) is 7.56. The zero-order valence-corrected chi connectivity index (χ0v) is 13.2. The third-order valence-electron chi connectivity index (χ3n) is 4.19. The highest BCUT2D eigenvalue weighted by Gasteiger charge is 2.16. The normalized spacial score (nSPS) is 12.5. The number of hydrogen-bond acceptors (Lipinski definition) is 3. The van der Waals surface area contributed by atoms with Crippen LogP contribution in [0.1, 0.15) is 18.6 Å². The fourth-order valence-corrected chi connectivity index (χ4v) is 3.06. The Morgan fingerprint density at radius 1 is 1.26 bits per heavy atom. The Kier molecular flexibility index (Phi) is 3.92. The summed E-state index contributed by atoms with van der Waals surface area (Å²) in [5.74, 6) is 0.652. The second kappa shape index (κ2) is 5.89. The summed E-state index contributed by atoms with van der Waals surface area (Å²) in [4.78, 5) is 12.9. The first-order valence-corrected chi connectivity index (χ1v) is 7.56. The highest BCUT2D eigenvalue weighted by molar-refractivity contribution is 6.07. The molecule has 0 amide bonds. The second-order valence-electron chi connectivity index (χ2n) is 5.38. The molecule has 1 aromatic heterocycles. The summed E-state index contributed by atoms with van der Waals surface area (Å²) in [6.07, 6.45) is 0.656. The fraction of sp³-hybridized carbons (Fsp3) is 0.211. The monoisotopic (exact) mass is 309 g/mol. The molecule has 0 saturated heterocycles. The van der Waals surface area contributed by atoms with E-state index in [-0.39, 0.29) is 5.56 Å². The van der Waals surface area contributed by atoms with E-state index >= 15 is 0 Å². The van der Waals surface area contributed by atoms with Gasteiger partial charge in [0.15, 0.2) is 0 Å². The molecule has 2 aromatic carbocycles. The van der Waals surface area contributed by atoms with E-state index in [0.717, 1.165) is 16.3 Å². The van der Waals surface area contributed by atoms with Crippen LogP contribution in [0.15, 0.2) is 53.8 Å². The van der Waals surface area contributed by atoms with Crippen molar-refractivity contribution in [3.05, 3.63) is 65.0 Å². The number of nitrogens with zero attached hydrogens (tertiary/aromatic N) is 1. The van der Waals surface area contributed by atoms with E-state index in [1.165, 1.54) is 6.08 Å². The van der Waals surface area contributed by atoms with Gasteiger partial charge in [-0.15, -0.1) is 6.58 Å². The van der Waals surface area contributed by atoms with E-state index < -0.39 is 6.10 Å². The van der Waals surface area contributed by atoms with Crippen molar-refractivity contribution in [3.63, 3.8) is 0 Å². The van der Waals surface area contributed by atoms with Crippen molar-refractivity contribution in [2.45, 2.75) is 19.6 Å². The summed E-state index contributed by atoms with van der Waals surface area (Å²) in [7, 11) is 1.58. The highest BCUT2D eigenvalue weighted by atomic mass is 16.5. The number of aliphatic hydroxyl groups excluding tert-OH is 1. The number of benzene rings is 2. The van der Waals surface area contributed by atoms with Crippen molar-refractivity contribution in [1.29, 1.82) is 0 Å². The van der Waals surface area contributed by atoms with Crippen molar-refractivity contribution >= 4 is 21.7 Å². The summed E-state index contributed by atoms with van der Waals surface area (Å²) in [5.41, 5.74) is 1.36. The molecule has 0 bridgehead atoms. The molecule has 4 nitrogen and oxygen atoms in total. The fourth-order valence-electron chi connectivity index (χ4n) is 3.06. The number of rotatable bonds is 4. The molecular weight excluding hydrogens is 290 g/mol. The highest BCUT2D eigenvalue weighted by Crippen LogP contribution is 2.30. The molecule has 1 N–H and O–H groups in total. The van der Waals surface area contributed by atoms with E-state index in [9.17, 15) is 9.90 Å². The number of aliphatic hydroxyl groups is 1. The SMILES string of the molecule is C=CC(O)c1cccc2c3ccc(OC)cc3c(=O)n(CC)c12. The molecule has 0 aliphatic heterocycles. The van der Waals surface area contributed by atoms with Gasteiger partial charge >= 0.3 is 0 Å². The van der Waals surface area contributed by atoms with Crippen LogP contribution in [0.25, 0.3) is 21.7 Å². The molecule has 0 radical (unpaired) electrons. The topological polar surface area (TPSA) is 51.5 Å². The molecular formula is C19H19NO3. The Hall–Kier alpha value is -2.59. The lowest BCUT2D eigenvalue weighted by molar-refractivity contribution is 0.230. The molecule has 0 spiro atoms. The van der Waals surface area contributed by atoms with Crippen LogP contribution in [0.5, 0.6) is 5.75 Å². The number of fused-ring (bicyclic) bond motifs is 3. The van der Waals surface area contributed by atoms with Crippen molar-refractivity contribution in [2.75, 3.05) is 7.11 Å². The van der Waals surface area contributed by atoms with Crippen molar-refractivity contribution in [3.8, 4) is 5.75 Å². The van der Waals surface area contributed by atoms with Gasteiger partial charge in [0.2, 0.25) is 0 Å². The Bertz CT molecular complexity index is 956. The average molecular weight is 309 g/mol. The van der Waals surface area contributed by atoms with E-state index in [1.54, 1.807) is 17.7 Å². The Morgan fingerprint density at radius 2 is 2.04 bits per heavy atom. The van der Waals surface area contributed by atoms with Gasteiger partial charge < -0.3 is 14.4 Å². The van der Waals surface area contributed by atoms with Gasteiger partial charge in [-0.05, 0) is 30.5 Å². The number of aromatic nitrogens is 1. The standard InChI is InChI=1S/C19H19NO3/c1-4-17(21)15-8-6-7-14-13-10-9-12(23-3)11-16(13)19(22)20(5-2)18(14)15/h4,6-11,17,21H,1,5H2,2-3H3. The maximum Gasteiger partial charge on any atom is 0.259 e. The number of methoxy groups -OCH3 is 1. The van der Waals surface area contributed by atoms with Gasteiger partial charge in [-0.3, -0.25) is 4.79 Å². The Labute approximate surface area is 134 Å². The van der Waals surface area contributed by atoms with E-state index in [2.05, 4.69) is 6.58 Å². The molecule has 3 rings (SSSR count). The summed E-state index contributed by atoms with van der Waals surface area (Å²) in [5, 5.41) is 12.6. The summed E-state index contributed by atoms with van der Waals surface area (Å²) in [6.45, 7) is 6.09. The quantitative estimate of drug-likeness (QED) is 0.593. The van der Waals surface area contributed by atoms with Crippen LogP contribution in [-0.2, 0) is 6.54 Å². The third-order valence-corrected chi connectivity index (χ3v) is 4.19. The zero-order chi connectivity index (χ0) is 16.6. The minimum Gasteiger partial charge on any atom is -0.497 e. The van der Waals surface area contributed by atoms with Crippen LogP contribution < -0.4 is 10.3 Å². The molecule has 3 aromatic rings. The molecule has 0 aliphatic carbocycles. The molecule has 1 heterocycles. The number of ether oxygens (including phenoxy) is 1. The molecule has 0 aliphatic rings.